The van der Waals surface area contributed by atoms with Crippen molar-refractivity contribution in [2.24, 2.45) is 0 Å². The second-order valence-corrected chi connectivity index (χ2v) is 9.25. The molecule has 2 aromatic carbocycles. The highest BCUT2D eigenvalue weighted by atomic mass is 16.6. The topological polar surface area (TPSA) is 108 Å². The molecule has 0 heterocycles. The summed E-state index contributed by atoms with van der Waals surface area (Å²) in [6.45, 7) is 11.7. The van der Waals surface area contributed by atoms with Gasteiger partial charge in [0.1, 0.15) is 17.7 Å². The number of hydrogen-bond donors (Lipinski definition) is 3. The van der Waals surface area contributed by atoms with E-state index in [1.54, 1.807) is 51.1 Å². The number of nitrogens with one attached hydrogen (secondary N) is 2. The fourth-order valence-electron chi connectivity index (χ4n) is 3.55. The SMILES string of the molecule is C#CN(C(=O)C(CO)NC(=O)OC(C)(C)C)C(C(=O)Nc1c(C)cccc1C)c1cccc(C=C)c1. The third kappa shape index (κ3) is 7.20. The van der Waals surface area contributed by atoms with Gasteiger partial charge in [0.25, 0.3) is 11.8 Å². The van der Waals surface area contributed by atoms with Gasteiger partial charge in [-0.1, -0.05) is 55.5 Å². The molecule has 36 heavy (non-hydrogen) atoms. The molecule has 8 heteroatoms. The van der Waals surface area contributed by atoms with Crippen molar-refractivity contribution in [1.82, 2.24) is 10.2 Å². The maximum Gasteiger partial charge on any atom is 0.408 e. The number of para-hydroxylation sites is 1. The minimum Gasteiger partial charge on any atom is -0.444 e. The summed E-state index contributed by atoms with van der Waals surface area (Å²) in [5.74, 6) is -1.41. The summed E-state index contributed by atoms with van der Waals surface area (Å²) in [4.78, 5) is 40.2. The summed E-state index contributed by atoms with van der Waals surface area (Å²) >= 11 is 0. The predicted octanol–water partition coefficient (Wildman–Crippen LogP) is 3.93. The molecule has 0 saturated heterocycles. The number of aliphatic hydroxyl groups is 1. The number of terminal acetylenes is 1. The summed E-state index contributed by atoms with van der Waals surface area (Å²) in [5, 5.41) is 15.1. The Morgan fingerprint density at radius 3 is 2.31 bits per heavy atom. The first kappa shape index (κ1) is 28.1. The number of nitrogens with zero attached hydrogens (tertiary/aromatic N) is 1. The molecule has 0 radical (unpaired) electrons. The fraction of sp³-hybridized carbons (Fsp3) is 0.321. The number of ether oxygens (including phenoxy) is 1. The van der Waals surface area contributed by atoms with Crippen LogP contribution < -0.4 is 10.6 Å². The molecule has 2 unspecified atom stereocenters. The molecule has 3 N–H and O–H groups in total. The van der Waals surface area contributed by atoms with Crippen LogP contribution in [0.5, 0.6) is 0 Å². The maximum atomic E-state index is 13.6. The molecule has 0 aliphatic heterocycles. The van der Waals surface area contributed by atoms with E-state index in [0.717, 1.165) is 16.0 Å². The van der Waals surface area contributed by atoms with Crippen LogP contribution in [0.2, 0.25) is 0 Å². The van der Waals surface area contributed by atoms with Gasteiger partial charge in [-0.3, -0.25) is 14.5 Å². The Balaban J connectivity index is 2.49. The van der Waals surface area contributed by atoms with Crippen LogP contribution in [0.1, 0.15) is 49.1 Å². The van der Waals surface area contributed by atoms with E-state index < -0.39 is 42.2 Å². The average molecular weight is 492 g/mol. The summed E-state index contributed by atoms with van der Waals surface area (Å²) in [7, 11) is 0. The molecule has 0 bridgehead atoms. The minimum atomic E-state index is -1.44. The second kappa shape index (κ2) is 12.0. The van der Waals surface area contributed by atoms with E-state index in [2.05, 4.69) is 23.3 Å². The lowest BCUT2D eigenvalue weighted by Gasteiger charge is -2.30. The van der Waals surface area contributed by atoms with Gasteiger partial charge in [-0.05, 0) is 62.9 Å². The van der Waals surface area contributed by atoms with E-state index in [9.17, 15) is 19.5 Å². The molecule has 0 saturated carbocycles. The molecule has 0 aliphatic carbocycles. The highest BCUT2D eigenvalue weighted by molar-refractivity contribution is 6.00. The van der Waals surface area contributed by atoms with Gasteiger partial charge in [0, 0.05) is 11.7 Å². The normalized spacial score (nSPS) is 12.5. The lowest BCUT2D eigenvalue weighted by atomic mass is 10.00. The van der Waals surface area contributed by atoms with Gasteiger partial charge >= 0.3 is 6.09 Å². The Labute approximate surface area is 212 Å². The van der Waals surface area contributed by atoms with Crippen LogP contribution in [0.15, 0.2) is 49.0 Å². The Hall–Kier alpha value is -4.09. The zero-order chi connectivity index (χ0) is 27.0. The molecular formula is C28H33N3O5. The Kier molecular flexibility index (Phi) is 9.42. The number of carbonyl (C=O) groups is 3. The fourth-order valence-corrected chi connectivity index (χ4v) is 3.55. The smallest absolute Gasteiger partial charge is 0.408 e. The first-order valence-corrected chi connectivity index (χ1v) is 11.4. The number of rotatable bonds is 8. The molecule has 0 spiro atoms. The molecule has 0 aromatic heterocycles. The standard InChI is InChI=1S/C28H33N3O5/c1-8-20-14-11-15-21(16-20)24(25(33)30-23-18(3)12-10-13-19(23)4)31(9-2)26(34)22(17-32)29-27(35)36-28(5,6)7/h2,8,10-16,22,24,32H,1,17H2,3-7H3,(H,29,35)(H,30,33). The highest BCUT2D eigenvalue weighted by Gasteiger charge is 2.36. The van der Waals surface area contributed by atoms with Crippen molar-refractivity contribution >= 4 is 29.7 Å². The van der Waals surface area contributed by atoms with Gasteiger partial charge in [0.05, 0.1) is 6.61 Å². The predicted molar refractivity (Wildman–Crippen MR) is 140 cm³/mol. The van der Waals surface area contributed by atoms with Crippen LogP contribution in [-0.2, 0) is 14.3 Å². The van der Waals surface area contributed by atoms with Crippen molar-refractivity contribution in [2.45, 2.75) is 52.3 Å². The van der Waals surface area contributed by atoms with Crippen molar-refractivity contribution in [3.8, 4) is 12.5 Å². The van der Waals surface area contributed by atoms with Gasteiger partial charge in [-0.25, -0.2) is 4.79 Å². The molecule has 2 rings (SSSR count). The first-order valence-electron chi connectivity index (χ1n) is 11.4. The molecule has 0 fully saturated rings. The number of hydrogen-bond acceptors (Lipinski definition) is 5. The highest BCUT2D eigenvalue weighted by Crippen LogP contribution is 2.27. The van der Waals surface area contributed by atoms with Gasteiger partial charge in [-0.15, -0.1) is 0 Å². The number of anilines is 1. The molecule has 3 amide bonds. The van der Waals surface area contributed by atoms with Crippen molar-refractivity contribution in [1.29, 1.82) is 0 Å². The molecule has 2 aromatic rings. The molecule has 8 nitrogen and oxygen atoms in total. The second-order valence-electron chi connectivity index (χ2n) is 9.25. The van der Waals surface area contributed by atoms with Crippen molar-refractivity contribution < 1.29 is 24.2 Å². The van der Waals surface area contributed by atoms with E-state index in [-0.39, 0.29) is 0 Å². The van der Waals surface area contributed by atoms with Crippen LogP contribution in [0.4, 0.5) is 10.5 Å². The number of amides is 3. The van der Waals surface area contributed by atoms with Crippen LogP contribution in [0.3, 0.4) is 0 Å². The van der Waals surface area contributed by atoms with E-state index in [1.807, 2.05) is 32.0 Å². The van der Waals surface area contributed by atoms with Crippen molar-refractivity contribution in [3.05, 3.63) is 71.3 Å². The van der Waals surface area contributed by atoms with E-state index in [1.165, 1.54) is 0 Å². The van der Waals surface area contributed by atoms with Crippen molar-refractivity contribution in [2.75, 3.05) is 11.9 Å². The van der Waals surface area contributed by atoms with E-state index >= 15 is 0 Å². The molecule has 0 aliphatic rings. The van der Waals surface area contributed by atoms with E-state index in [4.69, 9.17) is 11.2 Å². The maximum absolute atomic E-state index is 13.6. The lowest BCUT2D eigenvalue weighted by Crippen LogP contribution is -2.52. The van der Waals surface area contributed by atoms with Gasteiger partial charge in [0.15, 0.2) is 0 Å². The first-order chi connectivity index (χ1) is 16.9. The summed E-state index contributed by atoms with van der Waals surface area (Å²) in [6, 6.07) is 12.0. The molecule has 190 valence electrons. The lowest BCUT2D eigenvalue weighted by molar-refractivity contribution is -0.137. The zero-order valence-electron chi connectivity index (χ0n) is 21.3. The van der Waals surface area contributed by atoms with Crippen LogP contribution in [0.25, 0.3) is 6.08 Å². The van der Waals surface area contributed by atoms with Crippen molar-refractivity contribution in [3.63, 3.8) is 0 Å². The zero-order valence-corrected chi connectivity index (χ0v) is 21.3. The number of benzene rings is 2. The third-order valence-corrected chi connectivity index (χ3v) is 5.25. The number of aryl methyl sites for hydroxylation is 2. The monoisotopic (exact) mass is 491 g/mol. The molecule has 2 atom stereocenters. The Bertz CT molecular complexity index is 1160. The Morgan fingerprint density at radius 1 is 1.17 bits per heavy atom. The van der Waals surface area contributed by atoms with Crippen LogP contribution >= 0.6 is 0 Å². The number of aliphatic hydroxyl groups excluding tert-OH is 1. The largest absolute Gasteiger partial charge is 0.444 e. The van der Waals surface area contributed by atoms with Gasteiger partial charge in [-0.2, -0.15) is 0 Å². The molecular weight excluding hydrogens is 458 g/mol. The summed E-state index contributed by atoms with van der Waals surface area (Å²) in [5.41, 5.74) is 2.59. The third-order valence-electron chi connectivity index (χ3n) is 5.25. The van der Waals surface area contributed by atoms with Gasteiger partial charge in [0.2, 0.25) is 0 Å². The summed E-state index contributed by atoms with van der Waals surface area (Å²) < 4.78 is 5.19. The minimum absolute atomic E-state index is 0.427. The average Bonchev–Trinajstić information content (AvgIpc) is 2.81. The quantitative estimate of drug-likeness (QED) is 0.383. The van der Waals surface area contributed by atoms with E-state index in [0.29, 0.717) is 16.8 Å². The van der Waals surface area contributed by atoms with Gasteiger partial charge < -0.3 is 20.5 Å². The van der Waals surface area contributed by atoms with Crippen LogP contribution in [0, 0.1) is 26.3 Å². The number of carbonyl (C=O) groups excluding carboxylic acids is 3. The summed E-state index contributed by atoms with van der Waals surface area (Å²) in [6.07, 6.45) is 6.43. The van der Waals surface area contributed by atoms with Crippen LogP contribution in [-0.4, -0.2) is 46.2 Å². The number of alkyl carbamates (subject to hydrolysis) is 1. The Morgan fingerprint density at radius 2 is 1.78 bits per heavy atom.